The molecule has 1 saturated heterocycles. The first-order chi connectivity index (χ1) is 10.2. The quantitative estimate of drug-likeness (QED) is 0.903. The molecule has 22 heavy (non-hydrogen) atoms. The number of nitrogens with zero attached hydrogens (tertiary/aromatic N) is 2. The van der Waals surface area contributed by atoms with E-state index in [0.717, 1.165) is 31.6 Å². The van der Waals surface area contributed by atoms with Gasteiger partial charge in [-0.3, -0.25) is 4.79 Å². The van der Waals surface area contributed by atoms with E-state index < -0.39 is 0 Å². The highest BCUT2D eigenvalue weighted by Gasteiger charge is 2.21. The number of benzene rings is 1. The number of hydrogen-bond donors (Lipinski definition) is 2. The molecule has 0 unspecified atom stereocenters. The number of para-hydroxylation sites is 1. The molecule has 1 amide bonds. The van der Waals surface area contributed by atoms with Gasteiger partial charge in [-0.1, -0.05) is 23.7 Å². The van der Waals surface area contributed by atoms with Gasteiger partial charge in [0.15, 0.2) is 5.82 Å². The molecule has 3 rings (SSSR count). The van der Waals surface area contributed by atoms with E-state index in [1.807, 2.05) is 24.3 Å². The highest BCUT2D eigenvalue weighted by Crippen LogP contribution is 2.20. The number of hydrogen-bond acceptors (Lipinski definition) is 3. The summed E-state index contributed by atoms with van der Waals surface area (Å²) in [6.07, 6.45) is 3.54. The first-order valence-corrected chi connectivity index (χ1v) is 7.44. The Morgan fingerprint density at radius 1 is 1.27 bits per heavy atom. The first-order valence-electron chi connectivity index (χ1n) is 7.06. The Balaban J connectivity index is 0.00000176. The molecule has 1 aliphatic rings. The van der Waals surface area contributed by atoms with E-state index in [-0.39, 0.29) is 24.2 Å². The van der Waals surface area contributed by atoms with E-state index in [1.165, 1.54) is 0 Å². The van der Waals surface area contributed by atoms with Crippen LogP contribution in [0.15, 0.2) is 36.5 Å². The fraction of sp³-hybridized carbons (Fsp3) is 0.333. The molecule has 0 bridgehead atoms. The molecule has 0 radical (unpaired) electrons. The van der Waals surface area contributed by atoms with Crippen LogP contribution in [0, 0.1) is 5.92 Å². The molecule has 0 saturated carbocycles. The predicted molar refractivity (Wildman–Crippen MR) is 90.0 cm³/mol. The van der Waals surface area contributed by atoms with Crippen LogP contribution in [0.4, 0.5) is 5.82 Å². The molecule has 1 aliphatic heterocycles. The lowest BCUT2D eigenvalue weighted by molar-refractivity contribution is -0.120. The number of anilines is 1. The lowest BCUT2D eigenvalue weighted by Crippen LogP contribution is -2.34. The lowest BCUT2D eigenvalue weighted by Gasteiger charge is -2.21. The van der Waals surface area contributed by atoms with Crippen molar-refractivity contribution in [1.82, 2.24) is 15.1 Å². The van der Waals surface area contributed by atoms with Crippen molar-refractivity contribution < 1.29 is 4.79 Å². The topological polar surface area (TPSA) is 59.0 Å². The van der Waals surface area contributed by atoms with Gasteiger partial charge in [-0.25, -0.2) is 4.68 Å². The van der Waals surface area contributed by atoms with Crippen molar-refractivity contribution >= 4 is 35.7 Å². The van der Waals surface area contributed by atoms with Gasteiger partial charge in [-0.05, 0) is 38.1 Å². The fourth-order valence-electron chi connectivity index (χ4n) is 2.47. The van der Waals surface area contributed by atoms with E-state index in [4.69, 9.17) is 11.6 Å². The van der Waals surface area contributed by atoms with Gasteiger partial charge in [0.05, 0.1) is 10.7 Å². The third-order valence-electron chi connectivity index (χ3n) is 3.65. The smallest absolute Gasteiger partial charge is 0.228 e. The van der Waals surface area contributed by atoms with Crippen molar-refractivity contribution in [3.63, 3.8) is 0 Å². The summed E-state index contributed by atoms with van der Waals surface area (Å²) in [5.74, 6) is 0.663. The van der Waals surface area contributed by atoms with Crippen LogP contribution in [0.3, 0.4) is 0 Å². The van der Waals surface area contributed by atoms with Gasteiger partial charge in [0.1, 0.15) is 0 Å². The molecular weight excluding hydrogens is 323 g/mol. The fourth-order valence-corrected chi connectivity index (χ4v) is 2.70. The summed E-state index contributed by atoms with van der Waals surface area (Å²) in [4.78, 5) is 12.2. The van der Waals surface area contributed by atoms with Crippen LogP contribution in [0.5, 0.6) is 0 Å². The van der Waals surface area contributed by atoms with Crippen molar-refractivity contribution in [1.29, 1.82) is 0 Å². The van der Waals surface area contributed by atoms with Crippen LogP contribution >= 0.6 is 24.0 Å². The zero-order valence-electron chi connectivity index (χ0n) is 12.0. The van der Waals surface area contributed by atoms with Crippen molar-refractivity contribution in [3.05, 3.63) is 41.6 Å². The van der Waals surface area contributed by atoms with Crippen LogP contribution < -0.4 is 10.6 Å². The molecule has 5 nitrogen and oxygen atoms in total. The van der Waals surface area contributed by atoms with Gasteiger partial charge < -0.3 is 10.6 Å². The van der Waals surface area contributed by atoms with Gasteiger partial charge in [0.25, 0.3) is 0 Å². The Hall–Kier alpha value is -1.56. The average molecular weight is 341 g/mol. The van der Waals surface area contributed by atoms with Crippen molar-refractivity contribution in [3.8, 4) is 5.69 Å². The van der Waals surface area contributed by atoms with Crippen molar-refractivity contribution in [2.45, 2.75) is 12.8 Å². The van der Waals surface area contributed by atoms with Gasteiger partial charge in [-0.2, -0.15) is 5.10 Å². The molecule has 1 aromatic heterocycles. The van der Waals surface area contributed by atoms with Gasteiger partial charge in [0, 0.05) is 18.2 Å². The highest BCUT2D eigenvalue weighted by molar-refractivity contribution is 6.32. The van der Waals surface area contributed by atoms with Crippen LogP contribution in [-0.4, -0.2) is 28.8 Å². The normalized spacial score (nSPS) is 15.1. The number of halogens is 2. The maximum atomic E-state index is 12.2. The minimum atomic E-state index is 0. The monoisotopic (exact) mass is 340 g/mol. The van der Waals surface area contributed by atoms with E-state index in [2.05, 4.69) is 15.7 Å². The maximum Gasteiger partial charge on any atom is 0.228 e. The maximum absolute atomic E-state index is 12.2. The summed E-state index contributed by atoms with van der Waals surface area (Å²) >= 11 is 6.14. The molecule has 2 aromatic rings. The summed E-state index contributed by atoms with van der Waals surface area (Å²) in [7, 11) is 0. The second-order valence-corrected chi connectivity index (χ2v) is 5.52. The van der Waals surface area contributed by atoms with E-state index in [0.29, 0.717) is 10.8 Å². The first kappa shape index (κ1) is 16.8. The number of rotatable bonds is 3. The largest absolute Gasteiger partial charge is 0.317 e. The molecule has 1 fully saturated rings. The second-order valence-electron chi connectivity index (χ2n) is 5.11. The minimum absolute atomic E-state index is 0. The van der Waals surface area contributed by atoms with E-state index in [1.54, 1.807) is 16.9 Å². The van der Waals surface area contributed by atoms with Crippen molar-refractivity contribution in [2.75, 3.05) is 18.4 Å². The minimum Gasteiger partial charge on any atom is -0.317 e. The summed E-state index contributed by atoms with van der Waals surface area (Å²) in [5, 5.41) is 11.1. The molecule has 1 aromatic carbocycles. The number of amides is 1. The van der Waals surface area contributed by atoms with Crippen LogP contribution in [0.2, 0.25) is 5.02 Å². The Kier molecular flexibility index (Phi) is 5.83. The second kappa shape index (κ2) is 7.63. The van der Waals surface area contributed by atoms with Crippen LogP contribution in [0.1, 0.15) is 12.8 Å². The number of carbonyl (C=O) groups excluding carboxylic acids is 1. The summed E-state index contributed by atoms with van der Waals surface area (Å²) < 4.78 is 1.67. The highest BCUT2D eigenvalue weighted by atomic mass is 35.5. The summed E-state index contributed by atoms with van der Waals surface area (Å²) in [6, 6.07) is 9.24. The van der Waals surface area contributed by atoms with Crippen molar-refractivity contribution in [2.24, 2.45) is 5.92 Å². The summed E-state index contributed by atoms with van der Waals surface area (Å²) in [6.45, 7) is 1.79. The number of piperidine rings is 1. The standard InChI is InChI=1S/C15H17ClN4O.ClH/c16-12-3-1-2-4-13(12)20-10-7-14(19-20)18-15(21)11-5-8-17-9-6-11;/h1-4,7,10-11,17H,5-6,8-9H2,(H,18,19,21);1H. The third kappa shape index (κ3) is 3.80. The Morgan fingerprint density at radius 3 is 2.73 bits per heavy atom. The molecule has 118 valence electrons. The van der Waals surface area contributed by atoms with Crippen LogP contribution in [0.25, 0.3) is 5.69 Å². The van der Waals surface area contributed by atoms with E-state index in [9.17, 15) is 4.79 Å². The molecular formula is C15H18Cl2N4O. The Bertz CT molecular complexity index is 638. The van der Waals surface area contributed by atoms with E-state index >= 15 is 0 Å². The zero-order chi connectivity index (χ0) is 14.7. The molecule has 7 heteroatoms. The van der Waals surface area contributed by atoms with Gasteiger partial charge in [0.2, 0.25) is 5.91 Å². The molecule has 2 heterocycles. The molecule has 2 N–H and O–H groups in total. The zero-order valence-corrected chi connectivity index (χ0v) is 13.5. The molecule has 0 atom stereocenters. The number of aromatic nitrogens is 2. The third-order valence-corrected chi connectivity index (χ3v) is 3.97. The predicted octanol–water partition coefficient (Wildman–Crippen LogP) is 2.89. The number of carbonyl (C=O) groups is 1. The van der Waals surface area contributed by atoms with Gasteiger partial charge >= 0.3 is 0 Å². The molecule has 0 aliphatic carbocycles. The van der Waals surface area contributed by atoms with Gasteiger partial charge in [-0.15, -0.1) is 12.4 Å². The lowest BCUT2D eigenvalue weighted by atomic mass is 9.97. The number of nitrogens with one attached hydrogen (secondary N) is 2. The Labute approximate surface area is 140 Å². The van der Waals surface area contributed by atoms with Crippen LogP contribution in [-0.2, 0) is 4.79 Å². The average Bonchev–Trinajstić information content (AvgIpc) is 2.97. The Morgan fingerprint density at radius 2 is 2.00 bits per heavy atom. The SMILES string of the molecule is Cl.O=C(Nc1ccn(-c2ccccc2Cl)n1)C1CCNCC1. The summed E-state index contributed by atoms with van der Waals surface area (Å²) in [5.41, 5.74) is 0.793. The molecule has 0 spiro atoms.